The molecule has 3 aromatic heterocycles. The monoisotopic (exact) mass is 336 g/mol. The van der Waals surface area contributed by atoms with E-state index in [1.54, 1.807) is 23.5 Å². The van der Waals surface area contributed by atoms with Crippen LogP contribution in [0.2, 0.25) is 0 Å². The minimum Gasteiger partial charge on any atom is -0.248 e. The molecule has 0 spiro atoms. The number of thiophene rings is 1. The van der Waals surface area contributed by atoms with Gasteiger partial charge in [-0.3, -0.25) is 0 Å². The van der Waals surface area contributed by atoms with E-state index in [-0.39, 0.29) is 0 Å². The SMILES string of the molecule is CSc1nnc2c3c4c(sc3nc(SC)n12)CC(C)CC4. The molecule has 1 aliphatic rings. The molecule has 1 unspecified atom stereocenters. The van der Waals surface area contributed by atoms with Crippen LogP contribution in [-0.4, -0.2) is 32.1 Å². The molecule has 0 bridgehead atoms. The summed E-state index contributed by atoms with van der Waals surface area (Å²) >= 11 is 5.13. The lowest BCUT2D eigenvalue weighted by Crippen LogP contribution is -2.08. The Morgan fingerprint density at radius 1 is 1.19 bits per heavy atom. The van der Waals surface area contributed by atoms with Crippen LogP contribution in [0.3, 0.4) is 0 Å². The molecule has 0 saturated heterocycles. The zero-order chi connectivity index (χ0) is 14.6. The number of thioether (sulfide) groups is 2. The second-order valence-electron chi connectivity index (χ2n) is 5.48. The highest BCUT2D eigenvalue weighted by Gasteiger charge is 2.25. The summed E-state index contributed by atoms with van der Waals surface area (Å²) < 4.78 is 2.11. The van der Waals surface area contributed by atoms with Gasteiger partial charge in [0.2, 0.25) is 0 Å². The minimum absolute atomic E-state index is 0.779. The second kappa shape index (κ2) is 5.14. The van der Waals surface area contributed by atoms with Gasteiger partial charge in [-0.15, -0.1) is 21.5 Å². The minimum atomic E-state index is 0.779. The number of fused-ring (bicyclic) bond motifs is 5. The standard InChI is InChI=1S/C14H16N4S3/c1-7-4-5-8-9(6-7)21-12-10(8)11-16-17-14(20-3)18(11)13(15-12)19-2/h7H,4-6H2,1-3H3. The molecule has 0 amide bonds. The molecule has 4 nitrogen and oxygen atoms in total. The molecule has 0 aliphatic heterocycles. The number of hydrogen-bond acceptors (Lipinski definition) is 6. The summed E-state index contributed by atoms with van der Waals surface area (Å²) in [7, 11) is 0. The van der Waals surface area contributed by atoms with Gasteiger partial charge in [0.25, 0.3) is 0 Å². The van der Waals surface area contributed by atoms with Gasteiger partial charge in [-0.1, -0.05) is 30.4 Å². The van der Waals surface area contributed by atoms with Crippen LogP contribution in [0.15, 0.2) is 10.3 Å². The second-order valence-corrected chi connectivity index (χ2v) is 8.11. The molecule has 1 aliphatic carbocycles. The fourth-order valence-electron chi connectivity index (χ4n) is 3.06. The van der Waals surface area contributed by atoms with Crippen LogP contribution in [-0.2, 0) is 12.8 Å². The Morgan fingerprint density at radius 3 is 2.76 bits per heavy atom. The first-order chi connectivity index (χ1) is 10.2. The van der Waals surface area contributed by atoms with Crippen molar-refractivity contribution in [2.45, 2.75) is 36.5 Å². The van der Waals surface area contributed by atoms with Gasteiger partial charge in [0.1, 0.15) is 4.83 Å². The van der Waals surface area contributed by atoms with Gasteiger partial charge >= 0.3 is 0 Å². The molecule has 4 rings (SSSR count). The molecular formula is C14H16N4S3. The highest BCUT2D eigenvalue weighted by atomic mass is 32.2. The van der Waals surface area contributed by atoms with E-state index in [1.807, 2.05) is 17.6 Å². The Balaban J connectivity index is 2.10. The molecule has 0 aromatic carbocycles. The van der Waals surface area contributed by atoms with E-state index in [0.717, 1.165) is 33.1 Å². The van der Waals surface area contributed by atoms with Crippen LogP contribution in [0, 0.1) is 5.92 Å². The number of rotatable bonds is 2. The van der Waals surface area contributed by atoms with Gasteiger partial charge in [-0.05, 0) is 43.3 Å². The lowest BCUT2D eigenvalue weighted by Gasteiger charge is -2.17. The summed E-state index contributed by atoms with van der Waals surface area (Å²) in [6, 6.07) is 0. The molecule has 1 atom stereocenters. The van der Waals surface area contributed by atoms with Gasteiger partial charge in [0.05, 0.1) is 5.39 Å². The topological polar surface area (TPSA) is 43.1 Å². The molecule has 21 heavy (non-hydrogen) atoms. The Hall–Kier alpha value is -0.790. The number of hydrogen-bond donors (Lipinski definition) is 0. The maximum absolute atomic E-state index is 4.88. The predicted molar refractivity (Wildman–Crippen MR) is 90.9 cm³/mol. The van der Waals surface area contributed by atoms with E-state index in [9.17, 15) is 0 Å². The predicted octanol–water partition coefficient (Wildman–Crippen LogP) is 3.91. The van der Waals surface area contributed by atoms with E-state index in [2.05, 4.69) is 27.8 Å². The van der Waals surface area contributed by atoms with Crippen molar-refractivity contribution < 1.29 is 0 Å². The lowest BCUT2D eigenvalue weighted by molar-refractivity contribution is 0.509. The summed E-state index contributed by atoms with van der Waals surface area (Å²) in [4.78, 5) is 7.52. The van der Waals surface area contributed by atoms with Gasteiger partial charge in [-0.2, -0.15) is 0 Å². The molecule has 0 N–H and O–H groups in total. The molecule has 110 valence electrons. The van der Waals surface area contributed by atoms with E-state index >= 15 is 0 Å². The van der Waals surface area contributed by atoms with Gasteiger partial charge in [0.15, 0.2) is 16.0 Å². The van der Waals surface area contributed by atoms with E-state index in [4.69, 9.17) is 4.98 Å². The first kappa shape index (κ1) is 13.8. The number of aromatic nitrogens is 4. The number of aryl methyl sites for hydroxylation is 1. The van der Waals surface area contributed by atoms with Crippen molar-refractivity contribution in [3.05, 3.63) is 10.4 Å². The molecule has 0 saturated carbocycles. The summed E-state index contributed by atoms with van der Waals surface area (Å²) in [5.41, 5.74) is 2.46. The highest BCUT2D eigenvalue weighted by Crippen LogP contribution is 2.40. The van der Waals surface area contributed by atoms with Crippen LogP contribution in [0.4, 0.5) is 0 Å². The molecular weight excluding hydrogens is 320 g/mol. The van der Waals surface area contributed by atoms with Crippen molar-refractivity contribution in [1.82, 2.24) is 19.6 Å². The highest BCUT2D eigenvalue weighted by molar-refractivity contribution is 7.99. The average molecular weight is 337 g/mol. The van der Waals surface area contributed by atoms with E-state index in [0.29, 0.717) is 0 Å². The fourth-order valence-corrected chi connectivity index (χ4v) is 5.56. The third-order valence-corrected chi connectivity index (χ3v) is 6.52. The van der Waals surface area contributed by atoms with Crippen LogP contribution < -0.4 is 0 Å². The summed E-state index contributed by atoms with van der Waals surface area (Å²) in [6.07, 6.45) is 7.69. The molecule has 0 radical (unpaired) electrons. The van der Waals surface area contributed by atoms with Crippen LogP contribution in [0.1, 0.15) is 23.8 Å². The van der Waals surface area contributed by atoms with Crippen molar-refractivity contribution in [3.63, 3.8) is 0 Å². The van der Waals surface area contributed by atoms with Crippen molar-refractivity contribution in [1.29, 1.82) is 0 Å². The van der Waals surface area contributed by atoms with Gasteiger partial charge in [-0.25, -0.2) is 9.38 Å². The summed E-state index contributed by atoms with van der Waals surface area (Å²) in [6.45, 7) is 2.34. The maximum Gasteiger partial charge on any atom is 0.197 e. The van der Waals surface area contributed by atoms with Crippen LogP contribution >= 0.6 is 34.9 Å². The van der Waals surface area contributed by atoms with E-state index < -0.39 is 0 Å². The lowest BCUT2D eigenvalue weighted by atomic mass is 9.89. The van der Waals surface area contributed by atoms with Crippen molar-refractivity contribution in [2.75, 3.05) is 12.5 Å². The molecule has 3 heterocycles. The maximum atomic E-state index is 4.88. The molecule has 7 heteroatoms. The molecule has 0 fully saturated rings. The van der Waals surface area contributed by atoms with Crippen LogP contribution in [0.25, 0.3) is 15.9 Å². The largest absolute Gasteiger partial charge is 0.248 e. The number of nitrogens with zero attached hydrogens (tertiary/aromatic N) is 4. The Labute approximate surface area is 135 Å². The average Bonchev–Trinajstić information content (AvgIpc) is 3.05. The van der Waals surface area contributed by atoms with Crippen molar-refractivity contribution in [2.24, 2.45) is 5.92 Å². The Morgan fingerprint density at radius 2 is 2.00 bits per heavy atom. The summed E-state index contributed by atoms with van der Waals surface area (Å²) in [5, 5.41) is 12.0. The third kappa shape index (κ3) is 2.01. The first-order valence-corrected chi connectivity index (χ1v) is 10.3. The van der Waals surface area contributed by atoms with Gasteiger partial charge in [0, 0.05) is 4.88 Å². The van der Waals surface area contributed by atoms with E-state index in [1.165, 1.54) is 28.7 Å². The zero-order valence-electron chi connectivity index (χ0n) is 12.2. The summed E-state index contributed by atoms with van der Waals surface area (Å²) in [5.74, 6) is 0.779. The quantitative estimate of drug-likeness (QED) is 0.524. The van der Waals surface area contributed by atoms with Crippen LogP contribution in [0.5, 0.6) is 0 Å². The Kier molecular flexibility index (Phi) is 3.39. The zero-order valence-corrected chi connectivity index (χ0v) is 14.7. The first-order valence-electron chi connectivity index (χ1n) is 7.00. The van der Waals surface area contributed by atoms with Crippen molar-refractivity contribution in [3.8, 4) is 0 Å². The fraction of sp³-hybridized carbons (Fsp3) is 0.500. The third-order valence-electron chi connectivity index (χ3n) is 4.10. The molecule has 3 aromatic rings. The van der Waals surface area contributed by atoms with Crippen molar-refractivity contribution >= 4 is 50.7 Å². The Bertz CT molecular complexity index is 836. The van der Waals surface area contributed by atoms with Gasteiger partial charge < -0.3 is 0 Å². The smallest absolute Gasteiger partial charge is 0.197 e. The normalized spacial score (nSPS) is 18.5.